The molecular formula is C27H50O5SSi. The molecule has 0 saturated heterocycles. The molecule has 0 aromatic carbocycles. The number of aliphatic hydroxyl groups excluding tert-OH is 1. The van der Waals surface area contributed by atoms with E-state index in [1.165, 1.54) is 5.57 Å². The van der Waals surface area contributed by atoms with Crippen molar-refractivity contribution in [2.45, 2.75) is 104 Å². The summed E-state index contributed by atoms with van der Waals surface area (Å²) in [6, 6.07) is 0. The van der Waals surface area contributed by atoms with Gasteiger partial charge in [-0.1, -0.05) is 46.8 Å². The molecule has 3 aliphatic carbocycles. The third-order valence-corrected chi connectivity index (χ3v) is 15.7. The van der Waals surface area contributed by atoms with Gasteiger partial charge >= 0.3 is 0 Å². The predicted molar refractivity (Wildman–Crippen MR) is 142 cm³/mol. The number of hydrogen-bond donors (Lipinski definition) is 1. The second-order valence-corrected chi connectivity index (χ2v) is 20.1. The van der Waals surface area contributed by atoms with Gasteiger partial charge in [0, 0.05) is 6.61 Å². The van der Waals surface area contributed by atoms with Crippen LogP contribution in [0.5, 0.6) is 0 Å². The molecule has 3 saturated carbocycles. The molecule has 3 aliphatic rings. The molecule has 3 fully saturated rings. The van der Waals surface area contributed by atoms with E-state index in [4.69, 9.17) is 8.61 Å². The van der Waals surface area contributed by atoms with Gasteiger partial charge < -0.3 is 9.53 Å². The third kappa shape index (κ3) is 5.53. The van der Waals surface area contributed by atoms with Gasteiger partial charge in [-0.3, -0.25) is 4.18 Å². The summed E-state index contributed by atoms with van der Waals surface area (Å²) in [6.07, 6.45) is 7.62. The predicted octanol–water partition coefficient (Wildman–Crippen LogP) is 6.15. The number of rotatable bonds is 7. The van der Waals surface area contributed by atoms with Crippen LogP contribution in [0.25, 0.3) is 0 Å². The largest absolute Gasteiger partial charge is 0.417 e. The molecule has 0 aliphatic heterocycles. The van der Waals surface area contributed by atoms with Crippen LogP contribution in [-0.4, -0.2) is 47.4 Å². The summed E-state index contributed by atoms with van der Waals surface area (Å²) in [5.41, 5.74) is 1.38. The molecule has 198 valence electrons. The Morgan fingerprint density at radius 3 is 2.32 bits per heavy atom. The lowest BCUT2D eigenvalue weighted by molar-refractivity contribution is -0.100. The van der Waals surface area contributed by atoms with Crippen LogP contribution in [0.3, 0.4) is 0 Å². The summed E-state index contributed by atoms with van der Waals surface area (Å²) in [5, 5.41) is 10.8. The summed E-state index contributed by atoms with van der Waals surface area (Å²) in [6.45, 7) is 21.4. The van der Waals surface area contributed by atoms with Gasteiger partial charge in [-0.25, -0.2) is 0 Å². The second kappa shape index (κ2) is 9.59. The summed E-state index contributed by atoms with van der Waals surface area (Å²) in [7, 11) is -5.43. The standard InChI is InChI=1S/C27H50O5SSi/c1-19-10-11-23-22(18-31-33(7,29)30)24(13-15-26(19,23)5)27(6)14-12-21(28)16-20(27)17-32-34(8,9)25(2,3)4/h20-24,28H,1,10-18H2,2-9H3/t20-,21+,22+,23+,24+,26-,27+/m1/s1. The van der Waals surface area contributed by atoms with Gasteiger partial charge in [-0.05, 0) is 97.6 Å². The van der Waals surface area contributed by atoms with E-state index in [0.717, 1.165) is 51.2 Å². The van der Waals surface area contributed by atoms with Crippen molar-refractivity contribution in [3.63, 3.8) is 0 Å². The van der Waals surface area contributed by atoms with Crippen molar-refractivity contribution >= 4 is 18.4 Å². The molecule has 0 unspecified atom stereocenters. The van der Waals surface area contributed by atoms with Crippen molar-refractivity contribution < 1.29 is 22.1 Å². The highest BCUT2D eigenvalue weighted by atomic mass is 32.2. The van der Waals surface area contributed by atoms with Gasteiger partial charge in [-0.2, -0.15) is 8.42 Å². The Kier molecular flexibility index (Phi) is 8.00. The Balaban J connectivity index is 1.92. The molecular weight excluding hydrogens is 464 g/mol. The van der Waals surface area contributed by atoms with E-state index in [2.05, 4.69) is 54.3 Å². The first-order valence-electron chi connectivity index (χ1n) is 13.3. The van der Waals surface area contributed by atoms with Crippen LogP contribution in [0.4, 0.5) is 0 Å². The molecule has 0 aromatic heterocycles. The second-order valence-electron chi connectivity index (χ2n) is 13.7. The number of aliphatic hydroxyl groups is 1. The van der Waals surface area contributed by atoms with E-state index in [9.17, 15) is 13.5 Å². The Hall–Kier alpha value is -0.213. The van der Waals surface area contributed by atoms with E-state index >= 15 is 0 Å². The number of allylic oxidation sites excluding steroid dienone is 1. The van der Waals surface area contributed by atoms with Gasteiger partial charge in [0.2, 0.25) is 0 Å². The van der Waals surface area contributed by atoms with Crippen LogP contribution in [-0.2, 0) is 18.7 Å². The van der Waals surface area contributed by atoms with Crippen molar-refractivity contribution in [3.8, 4) is 0 Å². The molecule has 3 rings (SSSR count). The summed E-state index contributed by atoms with van der Waals surface area (Å²) >= 11 is 0. The van der Waals surface area contributed by atoms with E-state index in [0.29, 0.717) is 18.4 Å². The van der Waals surface area contributed by atoms with Crippen molar-refractivity contribution in [2.75, 3.05) is 19.5 Å². The SMILES string of the molecule is C=C1CC[C@H]2[C@H](COS(C)(=O)=O)[C@@H]([C@@]3(C)CC[C@H](O)C[C@@H]3CO[Si](C)(C)C(C)(C)C)CC[C@]12C. The zero-order valence-electron chi connectivity index (χ0n) is 22.9. The first-order chi connectivity index (χ1) is 15.4. The van der Waals surface area contributed by atoms with Crippen LogP contribution in [0.2, 0.25) is 18.1 Å². The van der Waals surface area contributed by atoms with E-state index in [1.54, 1.807) is 0 Å². The fourth-order valence-corrected chi connectivity index (χ4v) is 8.57. The van der Waals surface area contributed by atoms with Crippen LogP contribution in [0.15, 0.2) is 12.2 Å². The Bertz CT molecular complexity index is 863. The van der Waals surface area contributed by atoms with Crippen LogP contribution < -0.4 is 0 Å². The zero-order valence-corrected chi connectivity index (χ0v) is 24.8. The summed E-state index contributed by atoms with van der Waals surface area (Å²) in [4.78, 5) is 0. The molecule has 0 spiro atoms. The van der Waals surface area contributed by atoms with E-state index < -0.39 is 18.4 Å². The highest BCUT2D eigenvalue weighted by molar-refractivity contribution is 7.85. The zero-order chi connectivity index (χ0) is 25.7. The lowest BCUT2D eigenvalue weighted by Crippen LogP contribution is -2.53. The number of hydrogen-bond acceptors (Lipinski definition) is 5. The Morgan fingerprint density at radius 1 is 1.09 bits per heavy atom. The van der Waals surface area contributed by atoms with E-state index in [1.807, 2.05) is 0 Å². The Morgan fingerprint density at radius 2 is 1.74 bits per heavy atom. The maximum Gasteiger partial charge on any atom is 0.264 e. The smallest absolute Gasteiger partial charge is 0.264 e. The third-order valence-electron chi connectivity index (χ3n) is 10.7. The first-order valence-corrected chi connectivity index (χ1v) is 18.0. The molecule has 0 radical (unpaired) electrons. The minimum absolute atomic E-state index is 0.0155. The van der Waals surface area contributed by atoms with Gasteiger partial charge in [0.15, 0.2) is 8.32 Å². The molecule has 1 N–H and O–H groups in total. The molecule has 0 aromatic rings. The monoisotopic (exact) mass is 514 g/mol. The first kappa shape index (κ1) is 28.4. The van der Waals surface area contributed by atoms with Crippen LogP contribution in [0, 0.1) is 34.5 Å². The molecule has 5 nitrogen and oxygen atoms in total. The van der Waals surface area contributed by atoms with Gasteiger partial charge in [-0.15, -0.1) is 0 Å². The molecule has 0 amide bonds. The molecule has 0 heterocycles. The van der Waals surface area contributed by atoms with Crippen LogP contribution in [0.1, 0.15) is 79.6 Å². The maximum atomic E-state index is 12.0. The minimum atomic E-state index is -3.51. The van der Waals surface area contributed by atoms with Crippen molar-refractivity contribution in [3.05, 3.63) is 12.2 Å². The van der Waals surface area contributed by atoms with Gasteiger partial charge in [0.25, 0.3) is 10.1 Å². The Labute approximate surface area is 210 Å². The minimum Gasteiger partial charge on any atom is -0.417 e. The topological polar surface area (TPSA) is 72.8 Å². The van der Waals surface area contributed by atoms with Crippen LogP contribution >= 0.6 is 0 Å². The molecule has 7 heteroatoms. The quantitative estimate of drug-likeness (QED) is 0.251. The average molecular weight is 515 g/mol. The van der Waals surface area contributed by atoms with Crippen molar-refractivity contribution in [2.24, 2.45) is 34.5 Å². The van der Waals surface area contributed by atoms with Crippen molar-refractivity contribution in [1.82, 2.24) is 0 Å². The highest BCUT2D eigenvalue weighted by Crippen LogP contribution is 2.63. The molecule has 0 bridgehead atoms. The number of fused-ring (bicyclic) bond motifs is 1. The summed E-state index contributed by atoms with van der Waals surface area (Å²) < 4.78 is 36.2. The molecule has 34 heavy (non-hydrogen) atoms. The van der Waals surface area contributed by atoms with Gasteiger partial charge in [0.1, 0.15) is 0 Å². The van der Waals surface area contributed by atoms with Crippen molar-refractivity contribution in [1.29, 1.82) is 0 Å². The highest BCUT2D eigenvalue weighted by Gasteiger charge is 2.57. The normalized spacial score (nSPS) is 39.8. The average Bonchev–Trinajstić information content (AvgIpc) is 3.00. The maximum absolute atomic E-state index is 12.0. The van der Waals surface area contributed by atoms with Gasteiger partial charge in [0.05, 0.1) is 19.0 Å². The molecule has 7 atom stereocenters. The fourth-order valence-electron chi connectivity index (χ4n) is 7.12. The lowest BCUT2D eigenvalue weighted by atomic mass is 9.49. The van der Waals surface area contributed by atoms with E-state index in [-0.39, 0.29) is 40.4 Å². The lowest BCUT2D eigenvalue weighted by Gasteiger charge is -2.57. The summed E-state index contributed by atoms with van der Waals surface area (Å²) in [5.74, 6) is 1.17. The fraction of sp³-hybridized carbons (Fsp3) is 0.926.